The minimum Gasteiger partial charge on any atom is -0.285 e. The third-order valence-corrected chi connectivity index (χ3v) is 2.28. The molecule has 0 bridgehead atoms. The molecule has 0 saturated carbocycles. The first kappa shape index (κ1) is 11.2. The molecule has 0 radical (unpaired) electrons. The molecule has 0 amide bonds. The molecule has 2 aromatic rings. The molecule has 0 fully saturated rings. The molecule has 0 atom stereocenters. The zero-order valence-corrected chi connectivity index (χ0v) is 8.42. The molecule has 1 aromatic heterocycles. The van der Waals surface area contributed by atoms with Gasteiger partial charge in [-0.05, 0) is 17.7 Å². The molecule has 1 N–H and O–H groups in total. The summed E-state index contributed by atoms with van der Waals surface area (Å²) in [5, 5.41) is 14.8. The molecule has 3 nitrogen and oxygen atoms in total. The fraction of sp³-hybridized carbons (Fsp3) is 0.0909. The van der Waals surface area contributed by atoms with Crippen LogP contribution in [0.2, 0.25) is 0 Å². The highest BCUT2D eigenvalue weighted by Gasteiger charge is 2.33. The average molecular weight is 237 g/mol. The molecule has 0 aliphatic carbocycles. The van der Waals surface area contributed by atoms with Gasteiger partial charge in [-0.3, -0.25) is 5.10 Å². The molecule has 0 aliphatic rings. The fourth-order valence-electron chi connectivity index (χ4n) is 1.46. The van der Waals surface area contributed by atoms with Crippen LogP contribution in [0.25, 0.3) is 11.1 Å². The lowest BCUT2D eigenvalue weighted by Gasteiger charge is -2.09. The summed E-state index contributed by atoms with van der Waals surface area (Å²) in [4.78, 5) is 0. The topological polar surface area (TPSA) is 52.5 Å². The number of aromatic nitrogens is 2. The predicted molar refractivity (Wildman–Crippen MR) is 53.7 cm³/mol. The van der Waals surface area contributed by atoms with E-state index in [4.69, 9.17) is 5.26 Å². The van der Waals surface area contributed by atoms with Crippen molar-refractivity contribution in [1.82, 2.24) is 10.2 Å². The van der Waals surface area contributed by atoms with Gasteiger partial charge in [-0.1, -0.05) is 6.07 Å². The summed E-state index contributed by atoms with van der Waals surface area (Å²) >= 11 is 0. The largest absolute Gasteiger partial charge is 0.417 e. The van der Waals surface area contributed by atoms with E-state index in [9.17, 15) is 13.2 Å². The third kappa shape index (κ3) is 2.13. The van der Waals surface area contributed by atoms with Gasteiger partial charge in [0.1, 0.15) is 0 Å². The Balaban J connectivity index is 2.58. The van der Waals surface area contributed by atoms with Crippen molar-refractivity contribution in [3.8, 4) is 17.2 Å². The summed E-state index contributed by atoms with van der Waals surface area (Å²) in [5.74, 6) is 0. The zero-order chi connectivity index (χ0) is 12.5. The molecule has 0 spiro atoms. The highest BCUT2D eigenvalue weighted by molar-refractivity contribution is 5.64. The number of nitrogens with one attached hydrogen (secondary N) is 1. The van der Waals surface area contributed by atoms with Gasteiger partial charge in [0.25, 0.3) is 0 Å². The van der Waals surface area contributed by atoms with Crippen LogP contribution in [0.4, 0.5) is 13.2 Å². The highest BCUT2D eigenvalue weighted by atomic mass is 19.4. The van der Waals surface area contributed by atoms with Crippen molar-refractivity contribution in [3.63, 3.8) is 0 Å². The summed E-state index contributed by atoms with van der Waals surface area (Å²) < 4.78 is 38.0. The summed E-state index contributed by atoms with van der Waals surface area (Å²) in [6, 6.07) is 5.09. The van der Waals surface area contributed by atoms with Gasteiger partial charge in [-0.25, -0.2) is 0 Å². The van der Waals surface area contributed by atoms with Crippen LogP contribution in [0.15, 0.2) is 30.6 Å². The van der Waals surface area contributed by atoms with E-state index in [1.54, 1.807) is 0 Å². The first-order valence-corrected chi connectivity index (χ1v) is 4.63. The van der Waals surface area contributed by atoms with Gasteiger partial charge in [0.05, 0.1) is 23.4 Å². The van der Waals surface area contributed by atoms with Crippen molar-refractivity contribution in [2.24, 2.45) is 0 Å². The minimum atomic E-state index is -4.54. The Morgan fingerprint density at radius 2 is 2.00 bits per heavy atom. The predicted octanol–water partition coefficient (Wildman–Crippen LogP) is 2.97. The maximum absolute atomic E-state index is 12.7. The first-order valence-electron chi connectivity index (χ1n) is 4.63. The normalized spacial score (nSPS) is 11.2. The third-order valence-electron chi connectivity index (χ3n) is 2.28. The van der Waals surface area contributed by atoms with E-state index in [0.717, 1.165) is 12.1 Å². The van der Waals surface area contributed by atoms with Crippen molar-refractivity contribution in [2.45, 2.75) is 6.18 Å². The van der Waals surface area contributed by atoms with Gasteiger partial charge >= 0.3 is 6.18 Å². The van der Waals surface area contributed by atoms with Crippen LogP contribution in [0.1, 0.15) is 11.1 Å². The summed E-state index contributed by atoms with van der Waals surface area (Å²) in [5.41, 5.74) is -0.409. The Morgan fingerprint density at radius 1 is 1.24 bits per heavy atom. The smallest absolute Gasteiger partial charge is 0.285 e. The molecule has 86 valence electrons. The molecule has 6 heteroatoms. The molecule has 0 aliphatic heterocycles. The van der Waals surface area contributed by atoms with Crippen molar-refractivity contribution in [1.29, 1.82) is 5.26 Å². The fourth-order valence-corrected chi connectivity index (χ4v) is 1.46. The van der Waals surface area contributed by atoms with Gasteiger partial charge in [-0.15, -0.1) is 0 Å². The Kier molecular flexibility index (Phi) is 2.60. The molecule has 0 unspecified atom stereocenters. The van der Waals surface area contributed by atoms with Gasteiger partial charge in [0.15, 0.2) is 0 Å². The van der Waals surface area contributed by atoms with Gasteiger partial charge in [0, 0.05) is 11.8 Å². The molecular formula is C11H6F3N3. The number of nitriles is 1. The number of nitrogens with zero attached hydrogens (tertiary/aromatic N) is 2. The van der Waals surface area contributed by atoms with Crippen LogP contribution in [0.3, 0.4) is 0 Å². The van der Waals surface area contributed by atoms with E-state index in [2.05, 4.69) is 10.2 Å². The number of rotatable bonds is 1. The van der Waals surface area contributed by atoms with Crippen LogP contribution in [-0.2, 0) is 6.18 Å². The lowest BCUT2D eigenvalue weighted by atomic mass is 10.0. The number of H-pyrrole nitrogens is 1. The quantitative estimate of drug-likeness (QED) is 0.828. The van der Waals surface area contributed by atoms with Crippen molar-refractivity contribution >= 4 is 0 Å². The summed E-state index contributed by atoms with van der Waals surface area (Å²) in [7, 11) is 0. The number of hydrogen-bond donors (Lipinski definition) is 1. The molecule has 1 heterocycles. The minimum absolute atomic E-state index is 0.366. The van der Waals surface area contributed by atoms with Crippen molar-refractivity contribution < 1.29 is 13.2 Å². The SMILES string of the molecule is N#Cc1ccc(-c2cn[nH]c2)cc1C(F)(F)F. The van der Waals surface area contributed by atoms with E-state index in [0.29, 0.717) is 11.1 Å². The summed E-state index contributed by atoms with van der Waals surface area (Å²) in [6.07, 6.45) is -1.63. The molecule has 1 aromatic carbocycles. The van der Waals surface area contributed by atoms with Crippen LogP contribution < -0.4 is 0 Å². The van der Waals surface area contributed by atoms with Crippen LogP contribution >= 0.6 is 0 Å². The number of halogens is 3. The van der Waals surface area contributed by atoms with Crippen LogP contribution in [0.5, 0.6) is 0 Å². The van der Waals surface area contributed by atoms with Crippen molar-refractivity contribution in [2.75, 3.05) is 0 Å². The maximum Gasteiger partial charge on any atom is 0.417 e. The lowest BCUT2D eigenvalue weighted by molar-refractivity contribution is -0.137. The zero-order valence-electron chi connectivity index (χ0n) is 8.42. The van der Waals surface area contributed by atoms with E-state index in [1.165, 1.54) is 24.5 Å². The van der Waals surface area contributed by atoms with Crippen LogP contribution in [0, 0.1) is 11.3 Å². The van der Waals surface area contributed by atoms with Crippen LogP contribution in [-0.4, -0.2) is 10.2 Å². The molecule has 0 saturated heterocycles. The Labute approximate surface area is 94.5 Å². The first-order chi connectivity index (χ1) is 8.02. The second kappa shape index (κ2) is 3.94. The summed E-state index contributed by atoms with van der Waals surface area (Å²) in [6.45, 7) is 0. The highest BCUT2D eigenvalue weighted by Crippen LogP contribution is 2.34. The number of alkyl halides is 3. The average Bonchev–Trinajstić information content (AvgIpc) is 2.80. The number of aromatic amines is 1. The van der Waals surface area contributed by atoms with Gasteiger partial charge in [0.2, 0.25) is 0 Å². The molecule has 2 rings (SSSR count). The van der Waals surface area contributed by atoms with Crippen molar-refractivity contribution in [3.05, 3.63) is 41.7 Å². The van der Waals surface area contributed by atoms with Gasteiger partial charge in [-0.2, -0.15) is 23.5 Å². The van der Waals surface area contributed by atoms with E-state index < -0.39 is 11.7 Å². The van der Waals surface area contributed by atoms with Gasteiger partial charge < -0.3 is 0 Å². The number of hydrogen-bond acceptors (Lipinski definition) is 2. The van der Waals surface area contributed by atoms with E-state index in [-0.39, 0.29) is 5.56 Å². The van der Waals surface area contributed by atoms with E-state index >= 15 is 0 Å². The monoisotopic (exact) mass is 237 g/mol. The number of benzene rings is 1. The van der Waals surface area contributed by atoms with E-state index in [1.807, 2.05) is 0 Å². The molecular weight excluding hydrogens is 231 g/mol. The Bertz CT molecular complexity index is 565. The second-order valence-electron chi connectivity index (χ2n) is 3.36. The molecule has 17 heavy (non-hydrogen) atoms. The Hall–Kier alpha value is -2.29. The second-order valence-corrected chi connectivity index (χ2v) is 3.36. The maximum atomic E-state index is 12.7. The lowest BCUT2D eigenvalue weighted by Crippen LogP contribution is -2.07. The standard InChI is InChI=1S/C11H6F3N3/c12-11(13,14)10-3-7(1-2-8(10)4-15)9-5-16-17-6-9/h1-3,5-6H,(H,16,17). The Morgan fingerprint density at radius 3 is 2.53 bits per heavy atom.